The lowest BCUT2D eigenvalue weighted by Gasteiger charge is -2.19. The standard InChI is InChI=1S/C14H23NO/c1-5-6-13(15)12-9-11(4)7-8-14(12)16-10(2)3/h7-10,13H,5-6,15H2,1-4H3. The lowest BCUT2D eigenvalue weighted by molar-refractivity contribution is 0.238. The molecule has 2 nitrogen and oxygen atoms in total. The van der Waals surface area contributed by atoms with Crippen LogP contribution in [0.4, 0.5) is 0 Å². The van der Waals surface area contributed by atoms with Crippen molar-refractivity contribution in [2.45, 2.75) is 52.7 Å². The van der Waals surface area contributed by atoms with E-state index in [2.05, 4.69) is 26.0 Å². The van der Waals surface area contributed by atoms with Gasteiger partial charge < -0.3 is 10.5 Å². The number of benzene rings is 1. The number of ether oxygens (including phenoxy) is 1. The molecule has 1 aromatic carbocycles. The topological polar surface area (TPSA) is 35.2 Å². The molecule has 90 valence electrons. The van der Waals surface area contributed by atoms with Gasteiger partial charge in [0.25, 0.3) is 0 Å². The molecule has 1 unspecified atom stereocenters. The van der Waals surface area contributed by atoms with Crippen molar-refractivity contribution in [3.8, 4) is 5.75 Å². The van der Waals surface area contributed by atoms with Crippen LogP contribution < -0.4 is 10.5 Å². The lowest BCUT2D eigenvalue weighted by atomic mass is 10.00. The molecule has 0 fully saturated rings. The molecule has 0 aliphatic carbocycles. The van der Waals surface area contributed by atoms with Crippen LogP contribution in [-0.4, -0.2) is 6.10 Å². The van der Waals surface area contributed by atoms with Gasteiger partial charge in [0.15, 0.2) is 0 Å². The SMILES string of the molecule is CCCC(N)c1cc(C)ccc1OC(C)C. The third-order valence-electron chi connectivity index (χ3n) is 2.53. The third kappa shape index (κ3) is 3.53. The molecule has 0 amide bonds. The van der Waals surface area contributed by atoms with E-state index in [-0.39, 0.29) is 12.1 Å². The largest absolute Gasteiger partial charge is 0.491 e. The Hall–Kier alpha value is -1.02. The summed E-state index contributed by atoms with van der Waals surface area (Å²) >= 11 is 0. The molecule has 0 radical (unpaired) electrons. The van der Waals surface area contributed by atoms with Crippen molar-refractivity contribution in [3.05, 3.63) is 29.3 Å². The van der Waals surface area contributed by atoms with E-state index in [1.54, 1.807) is 0 Å². The van der Waals surface area contributed by atoms with Gasteiger partial charge in [0, 0.05) is 11.6 Å². The molecule has 0 aliphatic heterocycles. The molecule has 2 heteroatoms. The Morgan fingerprint density at radius 2 is 2.00 bits per heavy atom. The number of rotatable bonds is 5. The molecule has 0 saturated heterocycles. The summed E-state index contributed by atoms with van der Waals surface area (Å²) in [4.78, 5) is 0. The van der Waals surface area contributed by atoms with Gasteiger partial charge >= 0.3 is 0 Å². The number of aryl methyl sites for hydroxylation is 1. The first-order valence-corrected chi connectivity index (χ1v) is 6.07. The smallest absolute Gasteiger partial charge is 0.124 e. The minimum Gasteiger partial charge on any atom is -0.491 e. The second-order valence-electron chi connectivity index (χ2n) is 4.60. The third-order valence-corrected chi connectivity index (χ3v) is 2.53. The van der Waals surface area contributed by atoms with Crippen molar-refractivity contribution in [2.24, 2.45) is 5.73 Å². The zero-order chi connectivity index (χ0) is 12.1. The second-order valence-corrected chi connectivity index (χ2v) is 4.60. The van der Waals surface area contributed by atoms with Crippen LogP contribution in [0.3, 0.4) is 0 Å². The average molecular weight is 221 g/mol. The quantitative estimate of drug-likeness (QED) is 0.824. The molecule has 0 saturated carbocycles. The van der Waals surface area contributed by atoms with Gasteiger partial charge in [-0.05, 0) is 33.3 Å². The Bertz CT molecular complexity index is 334. The van der Waals surface area contributed by atoms with E-state index in [1.165, 1.54) is 5.56 Å². The number of nitrogens with two attached hydrogens (primary N) is 1. The van der Waals surface area contributed by atoms with Crippen molar-refractivity contribution in [3.63, 3.8) is 0 Å². The van der Waals surface area contributed by atoms with Crippen molar-refractivity contribution in [2.75, 3.05) is 0 Å². The number of hydrogen-bond donors (Lipinski definition) is 1. The van der Waals surface area contributed by atoms with Crippen molar-refractivity contribution >= 4 is 0 Å². The molecular weight excluding hydrogens is 198 g/mol. The van der Waals surface area contributed by atoms with Crippen LogP contribution in [0.15, 0.2) is 18.2 Å². The molecule has 0 bridgehead atoms. The zero-order valence-electron chi connectivity index (χ0n) is 10.8. The van der Waals surface area contributed by atoms with Crippen LogP contribution >= 0.6 is 0 Å². The first-order valence-electron chi connectivity index (χ1n) is 6.07. The number of hydrogen-bond acceptors (Lipinski definition) is 2. The Morgan fingerprint density at radius 3 is 2.56 bits per heavy atom. The van der Waals surface area contributed by atoms with Crippen LogP contribution in [0.25, 0.3) is 0 Å². The molecule has 1 atom stereocenters. The first kappa shape index (κ1) is 13.0. The molecule has 0 aromatic heterocycles. The highest BCUT2D eigenvalue weighted by molar-refractivity contribution is 5.39. The van der Waals surface area contributed by atoms with E-state index < -0.39 is 0 Å². The maximum Gasteiger partial charge on any atom is 0.124 e. The molecule has 0 spiro atoms. The summed E-state index contributed by atoms with van der Waals surface area (Å²) in [5.74, 6) is 0.932. The fraction of sp³-hybridized carbons (Fsp3) is 0.571. The van der Waals surface area contributed by atoms with E-state index in [0.717, 1.165) is 24.2 Å². The Balaban J connectivity index is 2.97. The van der Waals surface area contributed by atoms with E-state index in [1.807, 2.05) is 19.9 Å². The molecular formula is C14H23NO. The van der Waals surface area contributed by atoms with E-state index in [0.29, 0.717) is 0 Å². The van der Waals surface area contributed by atoms with E-state index in [9.17, 15) is 0 Å². The fourth-order valence-corrected chi connectivity index (χ4v) is 1.79. The van der Waals surface area contributed by atoms with Gasteiger partial charge in [-0.1, -0.05) is 31.0 Å². The van der Waals surface area contributed by atoms with E-state index in [4.69, 9.17) is 10.5 Å². The predicted octanol–water partition coefficient (Wildman–Crippen LogP) is 3.58. The maximum atomic E-state index is 6.17. The van der Waals surface area contributed by atoms with Gasteiger partial charge in [-0.15, -0.1) is 0 Å². The van der Waals surface area contributed by atoms with Gasteiger partial charge in [0.1, 0.15) is 5.75 Å². The molecule has 0 aliphatic rings. The lowest BCUT2D eigenvalue weighted by Crippen LogP contribution is -2.14. The summed E-state index contributed by atoms with van der Waals surface area (Å²) in [6.45, 7) is 8.31. The summed E-state index contributed by atoms with van der Waals surface area (Å²) in [7, 11) is 0. The summed E-state index contributed by atoms with van der Waals surface area (Å²) in [5, 5.41) is 0. The van der Waals surface area contributed by atoms with Crippen LogP contribution in [0.2, 0.25) is 0 Å². The van der Waals surface area contributed by atoms with Crippen LogP contribution in [-0.2, 0) is 0 Å². The summed E-state index contributed by atoms with van der Waals surface area (Å²) < 4.78 is 5.79. The van der Waals surface area contributed by atoms with Crippen molar-refractivity contribution < 1.29 is 4.74 Å². The van der Waals surface area contributed by atoms with Crippen molar-refractivity contribution in [1.82, 2.24) is 0 Å². The average Bonchev–Trinajstić information content (AvgIpc) is 2.20. The highest BCUT2D eigenvalue weighted by atomic mass is 16.5. The van der Waals surface area contributed by atoms with Gasteiger partial charge in [-0.25, -0.2) is 0 Å². The summed E-state index contributed by atoms with van der Waals surface area (Å²) in [6, 6.07) is 6.32. The fourth-order valence-electron chi connectivity index (χ4n) is 1.79. The van der Waals surface area contributed by atoms with Crippen LogP contribution in [0, 0.1) is 6.92 Å². The zero-order valence-corrected chi connectivity index (χ0v) is 10.8. The predicted molar refractivity (Wildman–Crippen MR) is 68.8 cm³/mol. The monoisotopic (exact) mass is 221 g/mol. The van der Waals surface area contributed by atoms with Crippen molar-refractivity contribution in [1.29, 1.82) is 0 Å². The molecule has 1 rings (SSSR count). The first-order chi connectivity index (χ1) is 7.54. The van der Waals surface area contributed by atoms with Crippen LogP contribution in [0.5, 0.6) is 5.75 Å². The minimum absolute atomic E-state index is 0.0821. The Labute approximate surface area is 98.8 Å². The molecule has 2 N–H and O–H groups in total. The molecule has 16 heavy (non-hydrogen) atoms. The summed E-state index contributed by atoms with van der Waals surface area (Å²) in [5.41, 5.74) is 8.54. The van der Waals surface area contributed by atoms with Gasteiger partial charge in [-0.2, -0.15) is 0 Å². The molecule has 1 aromatic rings. The minimum atomic E-state index is 0.0821. The van der Waals surface area contributed by atoms with Crippen LogP contribution in [0.1, 0.15) is 50.8 Å². The highest BCUT2D eigenvalue weighted by Gasteiger charge is 2.12. The normalized spacial score (nSPS) is 12.9. The Kier molecular flexibility index (Phi) is 4.81. The van der Waals surface area contributed by atoms with Gasteiger partial charge in [0.05, 0.1) is 6.10 Å². The second kappa shape index (κ2) is 5.90. The summed E-state index contributed by atoms with van der Waals surface area (Å²) in [6.07, 6.45) is 2.28. The van der Waals surface area contributed by atoms with Gasteiger partial charge in [0.2, 0.25) is 0 Å². The Morgan fingerprint density at radius 1 is 1.31 bits per heavy atom. The van der Waals surface area contributed by atoms with Gasteiger partial charge in [-0.3, -0.25) is 0 Å². The molecule has 0 heterocycles. The maximum absolute atomic E-state index is 6.17. The van der Waals surface area contributed by atoms with E-state index >= 15 is 0 Å². The highest BCUT2D eigenvalue weighted by Crippen LogP contribution is 2.28.